The van der Waals surface area contributed by atoms with Gasteiger partial charge in [0.05, 0.1) is 0 Å². The summed E-state index contributed by atoms with van der Waals surface area (Å²) in [6.07, 6.45) is 3.29. The molecule has 0 aromatic heterocycles. The fraction of sp³-hybridized carbons (Fsp3) is 1.00. The summed E-state index contributed by atoms with van der Waals surface area (Å²) in [4.78, 5) is 0. The number of unbranched alkanes of at least 4 members (excludes halogenated alkanes) is 1. The van der Waals surface area contributed by atoms with Crippen molar-refractivity contribution < 1.29 is 8.85 Å². The normalized spacial score (nSPS) is 15.7. The minimum Gasteiger partial charge on any atom is -0.398 e. The van der Waals surface area contributed by atoms with Crippen molar-refractivity contribution >= 4 is 8.56 Å². The van der Waals surface area contributed by atoms with Crippen LogP contribution in [0.4, 0.5) is 0 Å². The Morgan fingerprint density at radius 3 is 2.46 bits per heavy atom. The third kappa shape index (κ3) is 6.21. The molecule has 0 spiro atoms. The molecule has 0 bridgehead atoms. The topological polar surface area (TPSA) is 44.5 Å². The molecule has 0 aliphatic rings. The van der Waals surface area contributed by atoms with Crippen LogP contribution in [0.2, 0.25) is 12.6 Å². The highest BCUT2D eigenvalue weighted by molar-refractivity contribution is 6.65. The minimum atomic E-state index is -1.86. The van der Waals surface area contributed by atoms with Crippen LogP contribution < -0.4 is 5.73 Å². The van der Waals surface area contributed by atoms with E-state index < -0.39 is 8.56 Å². The van der Waals surface area contributed by atoms with Crippen molar-refractivity contribution in [2.75, 3.05) is 20.3 Å². The summed E-state index contributed by atoms with van der Waals surface area (Å²) < 4.78 is 11.2. The molecule has 0 rings (SSSR count). The molecule has 0 saturated carbocycles. The molecule has 3 nitrogen and oxygen atoms in total. The molecule has 0 amide bonds. The first-order chi connectivity index (χ1) is 6.18. The van der Waals surface area contributed by atoms with Crippen LogP contribution in [0.5, 0.6) is 0 Å². The molecule has 13 heavy (non-hydrogen) atoms. The van der Waals surface area contributed by atoms with Crippen molar-refractivity contribution in [1.82, 2.24) is 0 Å². The van der Waals surface area contributed by atoms with Crippen molar-refractivity contribution in [2.24, 2.45) is 5.73 Å². The maximum absolute atomic E-state index is 5.78. The van der Waals surface area contributed by atoms with Crippen molar-refractivity contribution in [3.05, 3.63) is 0 Å². The summed E-state index contributed by atoms with van der Waals surface area (Å²) in [5.74, 6) is 0. The van der Waals surface area contributed by atoms with Crippen LogP contribution in [-0.4, -0.2) is 28.8 Å². The van der Waals surface area contributed by atoms with Crippen LogP contribution in [0.15, 0.2) is 0 Å². The maximum atomic E-state index is 5.78. The van der Waals surface area contributed by atoms with Gasteiger partial charge in [-0.25, -0.2) is 0 Å². The summed E-state index contributed by atoms with van der Waals surface area (Å²) in [6, 6.07) is 1.00. The molecule has 0 radical (unpaired) electrons. The lowest BCUT2D eigenvalue weighted by atomic mass is 10.4. The lowest BCUT2D eigenvalue weighted by Crippen LogP contribution is -2.38. The standard InChI is InChI=1S/C9H23NO2Si/c1-4-5-8-12-13(3,11-2)9-6-7-10/h4-10H2,1-3H3. The van der Waals surface area contributed by atoms with Gasteiger partial charge in [-0.3, -0.25) is 0 Å². The van der Waals surface area contributed by atoms with Gasteiger partial charge in [0, 0.05) is 13.7 Å². The molecule has 1 atom stereocenters. The molecule has 1 unspecified atom stereocenters. The second-order valence-electron chi connectivity index (χ2n) is 3.43. The third-order valence-corrected chi connectivity index (χ3v) is 5.11. The van der Waals surface area contributed by atoms with Gasteiger partial charge in [-0.1, -0.05) is 13.3 Å². The van der Waals surface area contributed by atoms with E-state index in [2.05, 4.69) is 13.5 Å². The van der Waals surface area contributed by atoms with E-state index in [1.807, 2.05) is 0 Å². The minimum absolute atomic E-state index is 0.725. The van der Waals surface area contributed by atoms with Gasteiger partial charge in [-0.15, -0.1) is 0 Å². The molecule has 0 fully saturated rings. The van der Waals surface area contributed by atoms with Crippen LogP contribution in [0.1, 0.15) is 26.2 Å². The van der Waals surface area contributed by atoms with E-state index in [-0.39, 0.29) is 0 Å². The molecular weight excluding hydrogens is 182 g/mol. The zero-order valence-electron chi connectivity index (χ0n) is 9.14. The van der Waals surface area contributed by atoms with Gasteiger partial charge in [0.25, 0.3) is 0 Å². The Bertz CT molecular complexity index is 124. The lowest BCUT2D eigenvalue weighted by molar-refractivity contribution is 0.201. The average molecular weight is 205 g/mol. The molecule has 0 aromatic rings. The SMILES string of the molecule is CCCCO[Si](C)(CCCN)OC. The van der Waals surface area contributed by atoms with Gasteiger partial charge in [0.2, 0.25) is 0 Å². The highest BCUT2D eigenvalue weighted by Gasteiger charge is 2.28. The van der Waals surface area contributed by atoms with E-state index in [9.17, 15) is 0 Å². The number of rotatable bonds is 8. The van der Waals surface area contributed by atoms with Crippen LogP contribution in [0.3, 0.4) is 0 Å². The number of hydrogen-bond acceptors (Lipinski definition) is 3. The van der Waals surface area contributed by atoms with Crippen LogP contribution in [-0.2, 0) is 8.85 Å². The van der Waals surface area contributed by atoms with Crippen molar-refractivity contribution in [2.45, 2.75) is 38.8 Å². The zero-order chi connectivity index (χ0) is 10.2. The van der Waals surface area contributed by atoms with Crippen molar-refractivity contribution in [1.29, 1.82) is 0 Å². The molecule has 0 saturated heterocycles. The Balaban J connectivity index is 3.67. The second-order valence-corrected chi connectivity index (χ2v) is 6.90. The Morgan fingerprint density at radius 1 is 1.31 bits per heavy atom. The first-order valence-electron chi connectivity index (χ1n) is 5.07. The maximum Gasteiger partial charge on any atom is 0.334 e. The van der Waals surface area contributed by atoms with E-state index in [0.29, 0.717) is 0 Å². The van der Waals surface area contributed by atoms with Crippen LogP contribution >= 0.6 is 0 Å². The third-order valence-electron chi connectivity index (χ3n) is 2.17. The zero-order valence-corrected chi connectivity index (χ0v) is 10.1. The highest BCUT2D eigenvalue weighted by atomic mass is 28.4. The molecular formula is C9H23NO2Si. The van der Waals surface area contributed by atoms with Gasteiger partial charge in [-0.05, 0) is 32.0 Å². The smallest absolute Gasteiger partial charge is 0.334 e. The van der Waals surface area contributed by atoms with Crippen molar-refractivity contribution in [3.63, 3.8) is 0 Å². The largest absolute Gasteiger partial charge is 0.398 e. The Labute approximate surface area is 82.9 Å². The van der Waals surface area contributed by atoms with Gasteiger partial charge >= 0.3 is 8.56 Å². The average Bonchev–Trinajstić information content (AvgIpc) is 2.15. The summed E-state index contributed by atoms with van der Waals surface area (Å²) in [6.45, 7) is 5.83. The Hall–Kier alpha value is 0.0969. The van der Waals surface area contributed by atoms with Gasteiger partial charge in [0.1, 0.15) is 0 Å². The van der Waals surface area contributed by atoms with E-state index >= 15 is 0 Å². The van der Waals surface area contributed by atoms with Crippen LogP contribution in [0.25, 0.3) is 0 Å². The van der Waals surface area contributed by atoms with E-state index in [1.54, 1.807) is 7.11 Å². The summed E-state index contributed by atoms with van der Waals surface area (Å²) in [5.41, 5.74) is 5.46. The summed E-state index contributed by atoms with van der Waals surface area (Å²) >= 11 is 0. The molecule has 0 aliphatic carbocycles. The fourth-order valence-electron chi connectivity index (χ4n) is 1.09. The molecule has 0 aromatic carbocycles. The Kier molecular flexibility index (Phi) is 7.55. The molecule has 4 heteroatoms. The van der Waals surface area contributed by atoms with Gasteiger partial charge in [-0.2, -0.15) is 0 Å². The van der Waals surface area contributed by atoms with Gasteiger partial charge < -0.3 is 14.6 Å². The van der Waals surface area contributed by atoms with Crippen LogP contribution in [0, 0.1) is 0 Å². The van der Waals surface area contributed by atoms with E-state index in [1.165, 1.54) is 6.42 Å². The first kappa shape index (κ1) is 13.1. The number of nitrogens with two attached hydrogens (primary N) is 1. The predicted molar refractivity (Wildman–Crippen MR) is 58.0 cm³/mol. The molecule has 0 heterocycles. The molecule has 0 aliphatic heterocycles. The first-order valence-corrected chi connectivity index (χ1v) is 7.60. The molecule has 80 valence electrons. The predicted octanol–water partition coefficient (Wildman–Crippen LogP) is 1.87. The lowest BCUT2D eigenvalue weighted by Gasteiger charge is -2.24. The summed E-state index contributed by atoms with van der Waals surface area (Å²) in [7, 11) is -0.117. The van der Waals surface area contributed by atoms with Crippen molar-refractivity contribution in [3.8, 4) is 0 Å². The fourth-order valence-corrected chi connectivity index (χ4v) is 2.98. The van der Waals surface area contributed by atoms with E-state index in [0.717, 1.165) is 32.0 Å². The van der Waals surface area contributed by atoms with Gasteiger partial charge in [0.15, 0.2) is 0 Å². The highest BCUT2D eigenvalue weighted by Crippen LogP contribution is 2.14. The summed E-state index contributed by atoms with van der Waals surface area (Å²) in [5, 5.41) is 0. The second kappa shape index (κ2) is 7.50. The number of hydrogen-bond donors (Lipinski definition) is 1. The Morgan fingerprint density at radius 2 is 2.00 bits per heavy atom. The quantitative estimate of drug-likeness (QED) is 0.486. The van der Waals surface area contributed by atoms with E-state index in [4.69, 9.17) is 14.6 Å². The monoisotopic (exact) mass is 205 g/mol. The molecule has 2 N–H and O–H groups in total.